The van der Waals surface area contributed by atoms with Gasteiger partial charge in [-0.3, -0.25) is 4.79 Å². The lowest BCUT2D eigenvalue weighted by molar-refractivity contribution is 0.0287. The number of morpholine rings is 1. The minimum atomic E-state index is -0.499. The second-order valence-corrected chi connectivity index (χ2v) is 6.36. The standard InChI is InChI=1S/C18H23FN4O4/c1-23(2)17-15(18(24)21-10-12-9-20-6-7-26-12)16(27-22-17)11-4-5-13(19)14(8-11)25-3/h4-5,8,12,20H,6-7,9-10H2,1-3H3,(H,21,24). The maximum absolute atomic E-state index is 13.7. The summed E-state index contributed by atoms with van der Waals surface area (Å²) in [6.45, 7) is 2.44. The summed E-state index contributed by atoms with van der Waals surface area (Å²) in [5.41, 5.74) is 0.770. The van der Waals surface area contributed by atoms with Gasteiger partial charge in [-0.1, -0.05) is 5.16 Å². The van der Waals surface area contributed by atoms with Gasteiger partial charge in [-0.15, -0.1) is 0 Å². The predicted octanol–water partition coefficient (Wildman–Crippen LogP) is 1.27. The number of methoxy groups -OCH3 is 1. The lowest BCUT2D eigenvalue weighted by Gasteiger charge is -2.23. The molecule has 0 aliphatic carbocycles. The summed E-state index contributed by atoms with van der Waals surface area (Å²) in [7, 11) is 4.90. The number of aromatic nitrogens is 1. The lowest BCUT2D eigenvalue weighted by atomic mass is 10.1. The molecule has 8 nitrogen and oxygen atoms in total. The van der Waals surface area contributed by atoms with E-state index in [0.29, 0.717) is 31.1 Å². The fourth-order valence-electron chi connectivity index (χ4n) is 2.84. The molecule has 1 unspecified atom stereocenters. The molecule has 0 bridgehead atoms. The number of nitrogens with zero attached hydrogens (tertiary/aromatic N) is 2. The van der Waals surface area contributed by atoms with Crippen LogP contribution in [0.15, 0.2) is 22.7 Å². The molecule has 0 radical (unpaired) electrons. The van der Waals surface area contributed by atoms with Crippen molar-refractivity contribution < 1.29 is 23.2 Å². The van der Waals surface area contributed by atoms with Crippen LogP contribution in [-0.4, -0.2) is 64.6 Å². The molecule has 9 heteroatoms. The molecule has 2 aromatic rings. The summed E-state index contributed by atoms with van der Waals surface area (Å²) in [6.07, 6.45) is -0.0975. The number of carbonyl (C=O) groups excluding carboxylic acids is 1. The van der Waals surface area contributed by atoms with E-state index in [9.17, 15) is 9.18 Å². The molecule has 146 valence electrons. The second kappa shape index (κ2) is 8.36. The van der Waals surface area contributed by atoms with Crippen LogP contribution in [0.4, 0.5) is 10.2 Å². The maximum atomic E-state index is 13.7. The van der Waals surface area contributed by atoms with Crippen LogP contribution < -0.4 is 20.3 Å². The third-order valence-corrected chi connectivity index (χ3v) is 4.23. The van der Waals surface area contributed by atoms with Gasteiger partial charge in [-0.2, -0.15) is 0 Å². The molecule has 1 amide bonds. The van der Waals surface area contributed by atoms with Crippen molar-refractivity contribution in [1.29, 1.82) is 0 Å². The molecule has 1 saturated heterocycles. The van der Waals surface area contributed by atoms with Gasteiger partial charge in [-0.05, 0) is 18.2 Å². The number of benzene rings is 1. The fourth-order valence-corrected chi connectivity index (χ4v) is 2.84. The first kappa shape index (κ1) is 19.1. The number of carbonyl (C=O) groups is 1. The van der Waals surface area contributed by atoms with Crippen LogP contribution >= 0.6 is 0 Å². The van der Waals surface area contributed by atoms with Crippen LogP contribution in [0.2, 0.25) is 0 Å². The summed E-state index contributed by atoms with van der Waals surface area (Å²) in [5, 5.41) is 10.1. The van der Waals surface area contributed by atoms with Gasteiger partial charge in [0.05, 0.1) is 19.8 Å². The van der Waals surface area contributed by atoms with Crippen molar-refractivity contribution >= 4 is 11.7 Å². The number of nitrogens with one attached hydrogen (secondary N) is 2. The molecule has 2 N–H and O–H groups in total. The Kier molecular flexibility index (Phi) is 5.92. The molecule has 2 heterocycles. The molecule has 3 rings (SSSR count). The highest BCUT2D eigenvalue weighted by Gasteiger charge is 2.27. The van der Waals surface area contributed by atoms with Gasteiger partial charge in [0.15, 0.2) is 23.1 Å². The molecule has 1 aromatic carbocycles. The maximum Gasteiger partial charge on any atom is 0.259 e. The van der Waals surface area contributed by atoms with Gasteiger partial charge >= 0.3 is 0 Å². The van der Waals surface area contributed by atoms with Gasteiger partial charge in [0.2, 0.25) is 0 Å². The van der Waals surface area contributed by atoms with E-state index in [1.54, 1.807) is 19.0 Å². The highest BCUT2D eigenvalue weighted by molar-refractivity contribution is 6.04. The van der Waals surface area contributed by atoms with Crippen molar-refractivity contribution in [3.05, 3.63) is 29.6 Å². The van der Waals surface area contributed by atoms with Gasteiger partial charge in [0.25, 0.3) is 5.91 Å². The number of halogens is 1. The summed E-state index contributed by atoms with van der Waals surface area (Å²) < 4.78 is 29.8. The Morgan fingerprint density at radius 1 is 1.48 bits per heavy atom. The monoisotopic (exact) mass is 378 g/mol. The van der Waals surface area contributed by atoms with E-state index >= 15 is 0 Å². The Bertz CT molecular complexity index is 803. The summed E-state index contributed by atoms with van der Waals surface area (Å²) in [4.78, 5) is 14.6. The van der Waals surface area contributed by atoms with E-state index < -0.39 is 5.82 Å². The molecule has 0 saturated carbocycles. The molecule has 1 aromatic heterocycles. The van der Waals surface area contributed by atoms with Crippen molar-refractivity contribution in [2.24, 2.45) is 0 Å². The van der Waals surface area contributed by atoms with Crippen LogP contribution in [0.25, 0.3) is 11.3 Å². The van der Waals surface area contributed by atoms with Crippen molar-refractivity contribution in [2.45, 2.75) is 6.10 Å². The first-order valence-electron chi connectivity index (χ1n) is 8.62. The van der Waals surface area contributed by atoms with Crippen molar-refractivity contribution in [1.82, 2.24) is 15.8 Å². The Morgan fingerprint density at radius 2 is 2.30 bits per heavy atom. The second-order valence-electron chi connectivity index (χ2n) is 6.36. The highest BCUT2D eigenvalue weighted by Crippen LogP contribution is 2.33. The Balaban J connectivity index is 1.88. The molecule has 27 heavy (non-hydrogen) atoms. The van der Waals surface area contributed by atoms with Crippen LogP contribution in [-0.2, 0) is 4.74 Å². The number of hydrogen-bond acceptors (Lipinski definition) is 7. The van der Waals surface area contributed by atoms with Crippen molar-refractivity contribution in [2.75, 3.05) is 52.3 Å². The van der Waals surface area contributed by atoms with E-state index in [0.717, 1.165) is 6.54 Å². The Hall–Kier alpha value is -2.65. The van der Waals surface area contributed by atoms with E-state index in [4.69, 9.17) is 14.0 Å². The van der Waals surface area contributed by atoms with Gasteiger partial charge in [-0.25, -0.2) is 4.39 Å². The van der Waals surface area contributed by atoms with E-state index in [1.165, 1.54) is 25.3 Å². The zero-order valence-electron chi connectivity index (χ0n) is 15.5. The first-order valence-corrected chi connectivity index (χ1v) is 8.62. The quantitative estimate of drug-likeness (QED) is 0.783. The zero-order chi connectivity index (χ0) is 19.4. The predicted molar refractivity (Wildman–Crippen MR) is 97.7 cm³/mol. The molecule has 1 atom stereocenters. The number of anilines is 1. The minimum Gasteiger partial charge on any atom is -0.494 e. The van der Waals surface area contributed by atoms with Crippen LogP contribution in [0.1, 0.15) is 10.4 Å². The third kappa shape index (κ3) is 4.20. The van der Waals surface area contributed by atoms with E-state index in [1.807, 2.05) is 0 Å². The SMILES string of the molecule is COc1cc(-c2onc(N(C)C)c2C(=O)NCC2CNCCO2)ccc1F. The number of ether oxygens (including phenoxy) is 2. The lowest BCUT2D eigenvalue weighted by Crippen LogP contribution is -2.45. The third-order valence-electron chi connectivity index (χ3n) is 4.23. The van der Waals surface area contributed by atoms with Crippen molar-refractivity contribution in [3.8, 4) is 17.1 Å². The number of rotatable bonds is 6. The van der Waals surface area contributed by atoms with Crippen LogP contribution in [0.3, 0.4) is 0 Å². The summed E-state index contributed by atoms with van der Waals surface area (Å²) in [5.74, 6) is -0.150. The van der Waals surface area contributed by atoms with Crippen LogP contribution in [0.5, 0.6) is 5.75 Å². The zero-order valence-corrected chi connectivity index (χ0v) is 15.5. The first-order chi connectivity index (χ1) is 13.0. The summed E-state index contributed by atoms with van der Waals surface area (Å²) >= 11 is 0. The number of hydrogen-bond donors (Lipinski definition) is 2. The normalized spacial score (nSPS) is 16.8. The van der Waals surface area contributed by atoms with E-state index in [2.05, 4.69) is 15.8 Å². The average molecular weight is 378 g/mol. The summed E-state index contributed by atoms with van der Waals surface area (Å²) in [6, 6.07) is 4.25. The number of amides is 1. The molecular weight excluding hydrogens is 355 g/mol. The average Bonchev–Trinajstić information content (AvgIpc) is 3.13. The van der Waals surface area contributed by atoms with E-state index in [-0.39, 0.29) is 29.1 Å². The van der Waals surface area contributed by atoms with Gasteiger partial charge in [0, 0.05) is 39.3 Å². The topological polar surface area (TPSA) is 88.9 Å². The van der Waals surface area contributed by atoms with Gasteiger partial charge in [0.1, 0.15) is 5.56 Å². The molecular formula is C18H23FN4O4. The Morgan fingerprint density at radius 3 is 2.96 bits per heavy atom. The molecule has 0 spiro atoms. The smallest absolute Gasteiger partial charge is 0.259 e. The van der Waals surface area contributed by atoms with Crippen molar-refractivity contribution in [3.63, 3.8) is 0 Å². The minimum absolute atomic E-state index is 0.0586. The molecule has 1 aliphatic rings. The Labute approximate surface area is 156 Å². The van der Waals surface area contributed by atoms with Gasteiger partial charge < -0.3 is 29.5 Å². The largest absolute Gasteiger partial charge is 0.494 e. The fraction of sp³-hybridized carbons (Fsp3) is 0.444. The highest BCUT2D eigenvalue weighted by atomic mass is 19.1. The van der Waals surface area contributed by atoms with Crippen LogP contribution in [0, 0.1) is 5.82 Å². The molecule has 1 aliphatic heterocycles. The molecule has 1 fully saturated rings.